The Bertz CT molecular complexity index is 458. The fourth-order valence-electron chi connectivity index (χ4n) is 1.40. The lowest BCUT2D eigenvalue weighted by atomic mass is 9.92. The Labute approximate surface area is 114 Å². The van der Waals surface area contributed by atoms with E-state index in [0.29, 0.717) is 12.2 Å². The lowest BCUT2D eigenvalue weighted by Gasteiger charge is -2.18. The number of nitrogens with one attached hydrogen (secondary N) is 1. The zero-order valence-corrected chi connectivity index (χ0v) is 12.2. The van der Waals surface area contributed by atoms with Gasteiger partial charge in [0, 0.05) is 6.54 Å². The van der Waals surface area contributed by atoms with Gasteiger partial charge in [0.05, 0.1) is 15.5 Å². The first kappa shape index (κ1) is 14.9. The molecule has 0 radical (unpaired) electrons. The van der Waals surface area contributed by atoms with E-state index in [1.807, 2.05) is 0 Å². The fourth-order valence-corrected chi connectivity index (χ4v) is 1.74. The summed E-state index contributed by atoms with van der Waals surface area (Å²) >= 11 is 3.02. The first-order chi connectivity index (χ1) is 8.20. The number of halogens is 2. The smallest absolute Gasteiger partial charge is 0.295 e. The van der Waals surface area contributed by atoms with Crippen LogP contribution in [0.5, 0.6) is 0 Å². The van der Waals surface area contributed by atoms with Crippen LogP contribution < -0.4 is 5.32 Å². The van der Waals surface area contributed by atoms with Crippen LogP contribution in [0.2, 0.25) is 0 Å². The number of benzene rings is 1. The maximum absolute atomic E-state index is 13.3. The standard InChI is InChI=1S/C12H16BrFN2O2/c1-12(2,3)4-5-15-10-6-8(13)9(14)7-11(10)16(17)18/h6-7,15H,4-5H2,1-3H3. The number of hydrogen-bond donors (Lipinski definition) is 1. The quantitative estimate of drug-likeness (QED) is 0.663. The summed E-state index contributed by atoms with van der Waals surface area (Å²) in [6.07, 6.45) is 0.860. The minimum Gasteiger partial charge on any atom is -0.379 e. The Morgan fingerprint density at radius 3 is 2.56 bits per heavy atom. The molecule has 0 spiro atoms. The number of hydrogen-bond acceptors (Lipinski definition) is 3. The van der Waals surface area contributed by atoms with Gasteiger partial charge in [-0.3, -0.25) is 10.1 Å². The molecule has 0 aromatic heterocycles. The van der Waals surface area contributed by atoms with Gasteiger partial charge < -0.3 is 5.32 Å². The molecule has 0 heterocycles. The van der Waals surface area contributed by atoms with Crippen LogP contribution in [0, 0.1) is 21.3 Å². The first-order valence-electron chi connectivity index (χ1n) is 5.58. The van der Waals surface area contributed by atoms with Crippen molar-refractivity contribution in [1.29, 1.82) is 0 Å². The van der Waals surface area contributed by atoms with Gasteiger partial charge in [0.15, 0.2) is 0 Å². The second-order valence-corrected chi connectivity index (χ2v) is 6.13. The molecule has 1 rings (SSSR count). The topological polar surface area (TPSA) is 55.2 Å². The molecule has 0 amide bonds. The van der Waals surface area contributed by atoms with Crippen LogP contribution in [0.1, 0.15) is 27.2 Å². The zero-order chi connectivity index (χ0) is 13.9. The summed E-state index contributed by atoms with van der Waals surface area (Å²) in [5, 5.41) is 13.8. The summed E-state index contributed by atoms with van der Waals surface area (Å²) < 4.78 is 13.5. The number of anilines is 1. The van der Waals surface area contributed by atoms with Crippen LogP contribution in [0.3, 0.4) is 0 Å². The third kappa shape index (κ3) is 4.25. The van der Waals surface area contributed by atoms with E-state index in [1.165, 1.54) is 6.07 Å². The van der Waals surface area contributed by atoms with Gasteiger partial charge in [-0.05, 0) is 33.8 Å². The third-order valence-corrected chi connectivity index (χ3v) is 3.03. The Hall–Kier alpha value is -1.17. The third-order valence-electron chi connectivity index (χ3n) is 2.43. The van der Waals surface area contributed by atoms with Crippen molar-refractivity contribution in [2.24, 2.45) is 5.41 Å². The van der Waals surface area contributed by atoms with Crippen molar-refractivity contribution in [2.75, 3.05) is 11.9 Å². The minimum atomic E-state index is -0.636. The van der Waals surface area contributed by atoms with Gasteiger partial charge >= 0.3 is 0 Å². The molecule has 0 saturated carbocycles. The van der Waals surface area contributed by atoms with Gasteiger partial charge in [-0.2, -0.15) is 0 Å². The van der Waals surface area contributed by atoms with Gasteiger partial charge in [-0.15, -0.1) is 0 Å². The lowest BCUT2D eigenvalue weighted by molar-refractivity contribution is -0.384. The molecule has 6 heteroatoms. The molecule has 1 aromatic rings. The van der Waals surface area contributed by atoms with E-state index in [4.69, 9.17) is 0 Å². The molecule has 0 saturated heterocycles. The molecule has 1 aromatic carbocycles. The predicted molar refractivity (Wildman–Crippen MR) is 73.3 cm³/mol. The molecule has 0 atom stereocenters. The van der Waals surface area contributed by atoms with Crippen LogP contribution in [0.25, 0.3) is 0 Å². The summed E-state index contributed by atoms with van der Waals surface area (Å²) in [7, 11) is 0. The predicted octanol–water partition coefficient (Wildman–Crippen LogP) is 4.34. The van der Waals surface area contributed by atoms with Gasteiger partial charge in [0.2, 0.25) is 0 Å². The van der Waals surface area contributed by atoms with Gasteiger partial charge in [0.25, 0.3) is 5.69 Å². The van der Waals surface area contributed by atoms with E-state index in [1.54, 1.807) is 0 Å². The Morgan fingerprint density at radius 2 is 2.06 bits per heavy atom. The van der Waals surface area contributed by atoms with Crippen molar-refractivity contribution in [3.8, 4) is 0 Å². The van der Waals surface area contributed by atoms with Crippen molar-refractivity contribution in [1.82, 2.24) is 0 Å². The van der Waals surface area contributed by atoms with E-state index in [2.05, 4.69) is 42.0 Å². The summed E-state index contributed by atoms with van der Waals surface area (Å²) in [5.74, 6) is -0.636. The highest BCUT2D eigenvalue weighted by Gasteiger charge is 2.18. The van der Waals surface area contributed by atoms with Crippen molar-refractivity contribution in [2.45, 2.75) is 27.2 Å². The van der Waals surface area contributed by atoms with Gasteiger partial charge in [0.1, 0.15) is 11.5 Å². The highest BCUT2D eigenvalue weighted by molar-refractivity contribution is 9.10. The average molecular weight is 319 g/mol. The molecular formula is C12H16BrFN2O2. The lowest BCUT2D eigenvalue weighted by Crippen LogP contribution is -2.13. The molecule has 0 aliphatic rings. The van der Waals surface area contributed by atoms with Crippen molar-refractivity contribution in [3.05, 3.63) is 32.5 Å². The average Bonchev–Trinajstić information content (AvgIpc) is 2.20. The van der Waals surface area contributed by atoms with Gasteiger partial charge in [-0.25, -0.2) is 4.39 Å². The first-order valence-corrected chi connectivity index (χ1v) is 6.37. The highest BCUT2D eigenvalue weighted by atomic mass is 79.9. The highest BCUT2D eigenvalue weighted by Crippen LogP contribution is 2.31. The molecule has 4 nitrogen and oxygen atoms in total. The summed E-state index contributed by atoms with van der Waals surface area (Å²) in [6, 6.07) is 2.32. The summed E-state index contributed by atoms with van der Waals surface area (Å²) in [5.41, 5.74) is 0.223. The molecule has 0 aliphatic heterocycles. The van der Waals surface area contributed by atoms with Gasteiger partial charge in [-0.1, -0.05) is 20.8 Å². The molecule has 0 bridgehead atoms. The van der Waals surface area contributed by atoms with E-state index in [-0.39, 0.29) is 15.6 Å². The number of nitro benzene ring substituents is 1. The van der Waals surface area contributed by atoms with Crippen LogP contribution in [-0.4, -0.2) is 11.5 Å². The molecule has 18 heavy (non-hydrogen) atoms. The van der Waals surface area contributed by atoms with Crippen LogP contribution in [0.15, 0.2) is 16.6 Å². The van der Waals surface area contributed by atoms with Crippen molar-refractivity contribution >= 4 is 27.3 Å². The second kappa shape index (κ2) is 5.65. The molecule has 0 aliphatic carbocycles. The normalized spacial score (nSPS) is 11.4. The largest absolute Gasteiger partial charge is 0.379 e. The molecule has 1 N–H and O–H groups in total. The molecule has 100 valence electrons. The van der Waals surface area contributed by atoms with E-state index in [9.17, 15) is 14.5 Å². The van der Waals surface area contributed by atoms with Crippen LogP contribution >= 0.6 is 15.9 Å². The summed E-state index contributed by atoms with van der Waals surface area (Å²) in [4.78, 5) is 10.2. The van der Waals surface area contributed by atoms with Crippen molar-refractivity contribution in [3.63, 3.8) is 0 Å². The van der Waals surface area contributed by atoms with Crippen molar-refractivity contribution < 1.29 is 9.31 Å². The van der Waals surface area contributed by atoms with E-state index >= 15 is 0 Å². The SMILES string of the molecule is CC(C)(C)CCNc1cc(Br)c(F)cc1[N+](=O)[O-]. The fraction of sp³-hybridized carbons (Fsp3) is 0.500. The number of nitro groups is 1. The van der Waals surface area contributed by atoms with E-state index in [0.717, 1.165) is 12.5 Å². The second-order valence-electron chi connectivity index (χ2n) is 5.28. The zero-order valence-electron chi connectivity index (χ0n) is 10.6. The van der Waals surface area contributed by atoms with Crippen LogP contribution in [-0.2, 0) is 0 Å². The maximum Gasteiger partial charge on any atom is 0.295 e. The Morgan fingerprint density at radius 1 is 1.44 bits per heavy atom. The number of rotatable bonds is 4. The maximum atomic E-state index is 13.3. The Kier molecular flexibility index (Phi) is 4.67. The molecule has 0 fully saturated rings. The van der Waals surface area contributed by atoms with Crippen LogP contribution in [0.4, 0.5) is 15.8 Å². The molecular weight excluding hydrogens is 303 g/mol. The monoisotopic (exact) mass is 318 g/mol. The number of nitrogens with zero attached hydrogens (tertiary/aromatic N) is 1. The Balaban J connectivity index is 2.87. The molecule has 0 unspecified atom stereocenters. The minimum absolute atomic E-state index is 0.138. The van der Waals surface area contributed by atoms with E-state index < -0.39 is 10.7 Å². The summed E-state index contributed by atoms with van der Waals surface area (Å²) in [6.45, 7) is 6.86.